The van der Waals surface area contributed by atoms with Gasteiger partial charge >= 0.3 is 0 Å². The number of fused-ring (bicyclic) bond motifs is 1. The first-order chi connectivity index (χ1) is 12.3. The van der Waals surface area contributed by atoms with Crippen molar-refractivity contribution in [2.75, 3.05) is 13.8 Å². The van der Waals surface area contributed by atoms with E-state index in [0.29, 0.717) is 17.8 Å². The van der Waals surface area contributed by atoms with E-state index in [4.69, 9.17) is 9.47 Å². The molecule has 1 aromatic heterocycles. The van der Waals surface area contributed by atoms with Gasteiger partial charge in [-0.25, -0.2) is 0 Å². The highest BCUT2D eigenvalue weighted by atomic mass is 16.7. The second-order valence-electron chi connectivity index (χ2n) is 6.98. The van der Waals surface area contributed by atoms with Crippen molar-refractivity contribution in [1.82, 2.24) is 4.98 Å². The largest absolute Gasteiger partial charge is 0.454 e. The third kappa shape index (κ3) is 3.24. The minimum absolute atomic E-state index is 0.0105. The number of quaternary nitrogens is 1. The number of ketones is 2. The van der Waals surface area contributed by atoms with E-state index < -0.39 is 0 Å². The fraction of sp³-hybridized carbons (Fsp3) is 0.400. The van der Waals surface area contributed by atoms with E-state index in [1.807, 2.05) is 46.0 Å². The Balaban J connectivity index is 1.76. The van der Waals surface area contributed by atoms with Crippen LogP contribution in [-0.2, 0) is 6.54 Å². The first-order valence-corrected chi connectivity index (χ1v) is 8.74. The van der Waals surface area contributed by atoms with Crippen molar-refractivity contribution >= 4 is 11.6 Å². The minimum Gasteiger partial charge on any atom is -0.454 e. The number of Topliss-reactive ketones (excluding diaryl/α,β-unsaturated/α-hetero) is 2. The molecule has 0 aliphatic carbocycles. The van der Waals surface area contributed by atoms with E-state index in [1.54, 1.807) is 0 Å². The molecule has 0 saturated heterocycles. The lowest BCUT2D eigenvalue weighted by Gasteiger charge is -2.21. The maximum Gasteiger partial charge on any atom is 0.235 e. The van der Waals surface area contributed by atoms with E-state index >= 15 is 0 Å². The zero-order chi connectivity index (χ0) is 19.0. The van der Waals surface area contributed by atoms with Crippen molar-refractivity contribution in [3.05, 3.63) is 46.3 Å². The molecule has 2 atom stereocenters. The lowest BCUT2D eigenvalue weighted by molar-refractivity contribution is -0.907. The van der Waals surface area contributed by atoms with E-state index in [2.05, 4.69) is 4.98 Å². The Morgan fingerprint density at radius 2 is 1.92 bits per heavy atom. The van der Waals surface area contributed by atoms with Crippen LogP contribution in [0.1, 0.15) is 51.5 Å². The van der Waals surface area contributed by atoms with Crippen LogP contribution in [0.2, 0.25) is 0 Å². The predicted molar refractivity (Wildman–Crippen MR) is 97.2 cm³/mol. The average Bonchev–Trinajstić information content (AvgIpc) is 3.16. The highest BCUT2D eigenvalue weighted by molar-refractivity contribution is 6.04. The van der Waals surface area contributed by atoms with E-state index in [-0.39, 0.29) is 24.4 Å². The Hall–Kier alpha value is -2.60. The van der Waals surface area contributed by atoms with Gasteiger partial charge in [-0.1, -0.05) is 0 Å². The number of likely N-dealkylation sites (N-methyl/N-ethyl adjacent to an activating group) is 1. The summed E-state index contributed by atoms with van der Waals surface area (Å²) in [6, 6.07) is 5.60. The SMILES string of the molecule is CC(=O)c1c(C)[nH]c(C(=O)[C@H](C)[NH+](C)Cc2ccc3c(c2)OCO3)c1C. The number of hydrogen-bond donors (Lipinski definition) is 2. The maximum atomic E-state index is 13.0. The Morgan fingerprint density at radius 3 is 2.58 bits per heavy atom. The van der Waals surface area contributed by atoms with Gasteiger partial charge < -0.3 is 19.4 Å². The highest BCUT2D eigenvalue weighted by Gasteiger charge is 2.28. The minimum atomic E-state index is -0.253. The lowest BCUT2D eigenvalue weighted by atomic mass is 10.0. The maximum absolute atomic E-state index is 13.0. The van der Waals surface area contributed by atoms with Crippen LogP contribution < -0.4 is 14.4 Å². The van der Waals surface area contributed by atoms with Gasteiger partial charge in [-0.05, 0) is 51.5 Å². The molecular weight excluding hydrogens is 332 g/mol. The van der Waals surface area contributed by atoms with Gasteiger partial charge in [-0.3, -0.25) is 9.59 Å². The predicted octanol–water partition coefficient (Wildman–Crippen LogP) is 1.85. The molecule has 0 amide bonds. The quantitative estimate of drug-likeness (QED) is 0.774. The number of aryl methyl sites for hydroxylation is 1. The number of hydrogen-bond acceptors (Lipinski definition) is 4. The average molecular weight is 357 g/mol. The molecule has 1 aromatic carbocycles. The summed E-state index contributed by atoms with van der Waals surface area (Å²) in [5.41, 5.74) is 3.72. The van der Waals surface area contributed by atoms with E-state index in [1.165, 1.54) is 6.92 Å². The Kier molecular flexibility index (Phi) is 4.87. The first-order valence-electron chi connectivity index (χ1n) is 8.74. The fourth-order valence-corrected chi connectivity index (χ4v) is 3.49. The van der Waals surface area contributed by atoms with Gasteiger partial charge in [0.05, 0.1) is 12.7 Å². The summed E-state index contributed by atoms with van der Waals surface area (Å²) in [6.07, 6.45) is 0. The number of benzene rings is 1. The molecule has 3 rings (SSSR count). The van der Waals surface area contributed by atoms with Crippen molar-refractivity contribution in [3.8, 4) is 11.5 Å². The monoisotopic (exact) mass is 357 g/mol. The summed E-state index contributed by atoms with van der Waals surface area (Å²) >= 11 is 0. The number of nitrogens with one attached hydrogen (secondary N) is 2. The molecule has 0 spiro atoms. The van der Waals surface area contributed by atoms with Gasteiger partial charge in [0.25, 0.3) is 0 Å². The molecule has 1 aliphatic heterocycles. The van der Waals surface area contributed by atoms with Gasteiger partial charge in [0.2, 0.25) is 12.6 Å². The van der Waals surface area contributed by atoms with Crippen LogP contribution in [0, 0.1) is 13.8 Å². The number of carbonyl (C=O) groups excluding carboxylic acids is 2. The summed E-state index contributed by atoms with van der Waals surface area (Å²) in [7, 11) is 1.99. The molecule has 2 heterocycles. The normalized spacial score (nSPS) is 15.0. The Labute approximate surface area is 153 Å². The summed E-state index contributed by atoms with van der Waals surface area (Å²) in [5, 5.41) is 0. The second-order valence-corrected chi connectivity index (χ2v) is 6.98. The van der Waals surface area contributed by atoms with Gasteiger partial charge in [0.1, 0.15) is 6.54 Å². The summed E-state index contributed by atoms with van der Waals surface area (Å²) in [6.45, 7) is 8.02. The zero-order valence-electron chi connectivity index (χ0n) is 15.9. The molecule has 6 nitrogen and oxygen atoms in total. The molecule has 0 bridgehead atoms. The molecule has 0 fully saturated rings. The molecule has 2 aromatic rings. The smallest absolute Gasteiger partial charge is 0.235 e. The summed E-state index contributed by atoms with van der Waals surface area (Å²) < 4.78 is 10.7. The third-order valence-electron chi connectivity index (χ3n) is 5.09. The summed E-state index contributed by atoms with van der Waals surface area (Å²) in [4.78, 5) is 28.9. The molecule has 0 saturated carbocycles. The zero-order valence-corrected chi connectivity index (χ0v) is 15.9. The lowest BCUT2D eigenvalue weighted by Crippen LogP contribution is -3.12. The van der Waals surface area contributed by atoms with Crippen LogP contribution in [0.3, 0.4) is 0 Å². The van der Waals surface area contributed by atoms with E-state index in [0.717, 1.165) is 33.2 Å². The Morgan fingerprint density at radius 1 is 1.23 bits per heavy atom. The molecule has 2 N–H and O–H groups in total. The highest BCUT2D eigenvalue weighted by Crippen LogP contribution is 2.32. The van der Waals surface area contributed by atoms with Gasteiger partial charge in [-0.15, -0.1) is 0 Å². The molecule has 6 heteroatoms. The first kappa shape index (κ1) is 18.2. The number of aromatic amines is 1. The van der Waals surface area contributed by atoms with Gasteiger partial charge in [-0.2, -0.15) is 0 Å². The topological polar surface area (TPSA) is 72.8 Å². The molecule has 138 valence electrons. The number of aromatic nitrogens is 1. The number of rotatable bonds is 6. The molecule has 1 aliphatic rings. The molecule has 1 unspecified atom stereocenters. The van der Waals surface area contributed by atoms with Crippen LogP contribution >= 0.6 is 0 Å². The second kappa shape index (κ2) is 6.96. The Bertz CT molecular complexity index is 869. The van der Waals surface area contributed by atoms with Crippen molar-refractivity contribution < 1.29 is 24.0 Å². The van der Waals surface area contributed by atoms with E-state index in [9.17, 15) is 9.59 Å². The molecule has 26 heavy (non-hydrogen) atoms. The van der Waals surface area contributed by atoms with Crippen LogP contribution in [0.4, 0.5) is 0 Å². The number of H-pyrrole nitrogens is 1. The fourth-order valence-electron chi connectivity index (χ4n) is 3.49. The van der Waals surface area contributed by atoms with Crippen molar-refractivity contribution in [2.45, 2.75) is 40.3 Å². The number of carbonyl (C=O) groups is 2. The van der Waals surface area contributed by atoms with Gasteiger partial charge in [0.15, 0.2) is 23.3 Å². The van der Waals surface area contributed by atoms with Crippen molar-refractivity contribution in [3.63, 3.8) is 0 Å². The molecule has 0 radical (unpaired) electrons. The summed E-state index contributed by atoms with van der Waals surface area (Å²) in [5.74, 6) is 1.49. The van der Waals surface area contributed by atoms with Crippen molar-refractivity contribution in [2.24, 2.45) is 0 Å². The van der Waals surface area contributed by atoms with Gasteiger partial charge in [0, 0.05) is 16.8 Å². The van der Waals surface area contributed by atoms with Crippen LogP contribution in [0.15, 0.2) is 18.2 Å². The van der Waals surface area contributed by atoms with Crippen molar-refractivity contribution in [1.29, 1.82) is 0 Å². The third-order valence-corrected chi connectivity index (χ3v) is 5.09. The number of ether oxygens (including phenoxy) is 2. The standard InChI is InChI=1S/C20H24N2O4/c1-11-18(14(4)23)12(2)21-19(11)20(24)13(3)22(5)9-15-6-7-16-17(8-15)26-10-25-16/h6-8,13,21H,9-10H2,1-5H3/p+1/t13-/m0/s1. The van der Waals surface area contributed by atoms with Crippen LogP contribution in [0.5, 0.6) is 11.5 Å². The van der Waals surface area contributed by atoms with Crippen LogP contribution in [-0.4, -0.2) is 36.4 Å². The van der Waals surface area contributed by atoms with Crippen LogP contribution in [0.25, 0.3) is 0 Å². The molecular formula is C20H25N2O4+.